The average molecular weight is 391 g/mol. The van der Waals surface area contributed by atoms with E-state index in [0.717, 1.165) is 48.2 Å². The van der Waals surface area contributed by atoms with Gasteiger partial charge in [0.1, 0.15) is 0 Å². The topological polar surface area (TPSA) is 64.2 Å². The lowest BCUT2D eigenvalue weighted by Gasteiger charge is -2.31. The maximum atomic E-state index is 12.9. The van der Waals surface area contributed by atoms with Crippen LogP contribution in [0.25, 0.3) is 5.69 Å². The summed E-state index contributed by atoms with van der Waals surface area (Å²) in [6.45, 7) is 4.34. The quantitative estimate of drug-likeness (QED) is 0.872. The van der Waals surface area contributed by atoms with Gasteiger partial charge in [-0.25, -0.2) is 4.68 Å². The second kappa shape index (κ2) is 7.49. The Labute approximate surface area is 151 Å². The van der Waals surface area contributed by atoms with Gasteiger partial charge in [-0.2, -0.15) is 5.10 Å². The van der Waals surface area contributed by atoms with Crippen LogP contribution in [0.4, 0.5) is 0 Å². The highest BCUT2D eigenvalue weighted by atomic mass is 79.9. The highest BCUT2D eigenvalue weighted by Crippen LogP contribution is 2.22. The van der Waals surface area contributed by atoms with Crippen molar-refractivity contribution in [1.82, 2.24) is 14.7 Å². The molecule has 1 amide bonds. The van der Waals surface area contributed by atoms with Crippen LogP contribution in [0.3, 0.4) is 0 Å². The van der Waals surface area contributed by atoms with Gasteiger partial charge in [0.25, 0.3) is 5.91 Å². The third-order valence-electron chi connectivity index (χ3n) is 4.74. The van der Waals surface area contributed by atoms with Gasteiger partial charge in [-0.3, -0.25) is 4.79 Å². The highest BCUT2D eigenvalue weighted by Gasteiger charge is 2.26. The van der Waals surface area contributed by atoms with Gasteiger partial charge in [-0.05, 0) is 56.0 Å². The number of nitrogens with two attached hydrogens (primary N) is 1. The van der Waals surface area contributed by atoms with E-state index in [4.69, 9.17) is 5.73 Å². The first-order chi connectivity index (χ1) is 11.6. The second-order valence-electron chi connectivity index (χ2n) is 6.22. The number of hydrogen-bond acceptors (Lipinski definition) is 3. The number of halogens is 1. The zero-order valence-corrected chi connectivity index (χ0v) is 15.5. The fourth-order valence-corrected chi connectivity index (χ4v) is 3.50. The molecule has 1 aliphatic heterocycles. The summed E-state index contributed by atoms with van der Waals surface area (Å²) in [5, 5.41) is 4.47. The Bertz CT molecular complexity index is 702. The molecule has 0 unspecified atom stereocenters. The first kappa shape index (κ1) is 17.2. The summed E-state index contributed by atoms with van der Waals surface area (Å²) >= 11 is 3.45. The van der Waals surface area contributed by atoms with Gasteiger partial charge in [-0.15, -0.1) is 0 Å². The van der Waals surface area contributed by atoms with E-state index in [1.165, 1.54) is 0 Å². The number of carbonyl (C=O) groups is 1. The Kier molecular flexibility index (Phi) is 5.36. The van der Waals surface area contributed by atoms with Crippen LogP contribution in [0.1, 0.15) is 35.8 Å². The van der Waals surface area contributed by atoms with Crippen molar-refractivity contribution in [3.05, 3.63) is 46.2 Å². The number of rotatable bonds is 4. The first-order valence-electron chi connectivity index (χ1n) is 8.46. The Morgan fingerprint density at radius 1 is 1.29 bits per heavy atom. The Morgan fingerprint density at radius 3 is 2.54 bits per heavy atom. The van der Waals surface area contributed by atoms with Crippen molar-refractivity contribution in [3.8, 4) is 5.69 Å². The molecule has 6 heteroatoms. The van der Waals surface area contributed by atoms with E-state index in [0.29, 0.717) is 18.0 Å². The molecule has 2 heterocycles. The molecule has 0 radical (unpaired) electrons. The van der Waals surface area contributed by atoms with Crippen LogP contribution in [-0.2, 0) is 6.42 Å². The number of likely N-dealkylation sites (tertiary alicyclic amines) is 1. The lowest BCUT2D eigenvalue weighted by molar-refractivity contribution is 0.0692. The zero-order valence-electron chi connectivity index (χ0n) is 13.9. The standard InChI is InChI=1S/C18H23BrN4O/c1-2-17-16(18(24)22-9-7-13(11-20)8-10-22)12-21-23(17)15-5-3-14(19)4-6-15/h3-6,12-13H,2,7-11,20H2,1H3. The van der Waals surface area contributed by atoms with Gasteiger partial charge in [-0.1, -0.05) is 22.9 Å². The SMILES string of the molecule is CCc1c(C(=O)N2CCC(CN)CC2)cnn1-c1ccc(Br)cc1. The van der Waals surface area contributed by atoms with Crippen LogP contribution in [0, 0.1) is 5.92 Å². The smallest absolute Gasteiger partial charge is 0.257 e. The maximum absolute atomic E-state index is 12.9. The van der Waals surface area contributed by atoms with Gasteiger partial charge in [0.05, 0.1) is 23.1 Å². The van der Waals surface area contributed by atoms with E-state index in [2.05, 4.69) is 28.0 Å². The minimum absolute atomic E-state index is 0.0886. The van der Waals surface area contributed by atoms with E-state index >= 15 is 0 Å². The van der Waals surface area contributed by atoms with Crippen molar-refractivity contribution in [2.45, 2.75) is 26.2 Å². The van der Waals surface area contributed by atoms with Gasteiger partial charge < -0.3 is 10.6 Å². The zero-order chi connectivity index (χ0) is 17.1. The number of benzene rings is 1. The summed E-state index contributed by atoms with van der Waals surface area (Å²) in [7, 11) is 0. The van der Waals surface area contributed by atoms with Gasteiger partial charge in [0, 0.05) is 17.6 Å². The maximum Gasteiger partial charge on any atom is 0.257 e. The predicted octanol–water partition coefficient (Wildman–Crippen LogP) is 3.01. The Morgan fingerprint density at radius 2 is 1.96 bits per heavy atom. The van der Waals surface area contributed by atoms with Crippen LogP contribution < -0.4 is 5.73 Å². The summed E-state index contributed by atoms with van der Waals surface area (Å²) in [5.74, 6) is 0.635. The molecule has 0 atom stereocenters. The lowest BCUT2D eigenvalue weighted by Crippen LogP contribution is -2.40. The van der Waals surface area contributed by atoms with Crippen molar-refractivity contribution in [3.63, 3.8) is 0 Å². The molecule has 5 nitrogen and oxygen atoms in total. The normalized spacial score (nSPS) is 15.7. The van der Waals surface area contributed by atoms with Crippen molar-refractivity contribution in [1.29, 1.82) is 0 Å². The molecule has 1 saturated heterocycles. The number of piperidine rings is 1. The van der Waals surface area contributed by atoms with Crippen LogP contribution in [0.15, 0.2) is 34.9 Å². The summed E-state index contributed by atoms with van der Waals surface area (Å²) in [5.41, 5.74) is 8.38. The van der Waals surface area contributed by atoms with E-state index in [9.17, 15) is 4.79 Å². The van der Waals surface area contributed by atoms with E-state index in [1.807, 2.05) is 33.8 Å². The number of carbonyl (C=O) groups excluding carboxylic acids is 1. The molecule has 1 fully saturated rings. The molecule has 0 aliphatic carbocycles. The van der Waals surface area contributed by atoms with Gasteiger partial charge in [0.15, 0.2) is 0 Å². The largest absolute Gasteiger partial charge is 0.339 e. The molecule has 2 N–H and O–H groups in total. The van der Waals surface area contributed by atoms with Crippen molar-refractivity contribution >= 4 is 21.8 Å². The minimum Gasteiger partial charge on any atom is -0.339 e. The van der Waals surface area contributed by atoms with E-state index < -0.39 is 0 Å². The number of aromatic nitrogens is 2. The number of hydrogen-bond donors (Lipinski definition) is 1. The fourth-order valence-electron chi connectivity index (χ4n) is 3.24. The van der Waals surface area contributed by atoms with Crippen LogP contribution in [-0.4, -0.2) is 40.2 Å². The van der Waals surface area contributed by atoms with Crippen LogP contribution in [0.5, 0.6) is 0 Å². The van der Waals surface area contributed by atoms with Gasteiger partial charge >= 0.3 is 0 Å². The molecular formula is C18H23BrN4O. The Balaban J connectivity index is 1.84. The molecule has 0 spiro atoms. The molecule has 2 aromatic rings. The lowest BCUT2D eigenvalue weighted by atomic mass is 9.96. The molecule has 1 aromatic heterocycles. The third-order valence-corrected chi connectivity index (χ3v) is 5.27. The first-order valence-corrected chi connectivity index (χ1v) is 9.25. The summed E-state index contributed by atoms with van der Waals surface area (Å²) in [6.07, 6.45) is 4.45. The van der Waals surface area contributed by atoms with Crippen LogP contribution >= 0.6 is 15.9 Å². The second-order valence-corrected chi connectivity index (χ2v) is 7.13. The third kappa shape index (κ3) is 3.39. The molecule has 3 rings (SSSR count). The summed E-state index contributed by atoms with van der Waals surface area (Å²) < 4.78 is 2.89. The van der Waals surface area contributed by atoms with Crippen molar-refractivity contribution in [2.75, 3.05) is 19.6 Å². The molecule has 1 aromatic carbocycles. The summed E-state index contributed by atoms with van der Waals surface area (Å²) in [6, 6.07) is 7.96. The van der Waals surface area contributed by atoms with Gasteiger partial charge in [0.2, 0.25) is 0 Å². The molecule has 0 bridgehead atoms. The minimum atomic E-state index is 0.0886. The Hall–Kier alpha value is -1.66. The molecule has 128 valence electrons. The van der Waals surface area contributed by atoms with E-state index in [-0.39, 0.29) is 5.91 Å². The monoisotopic (exact) mass is 390 g/mol. The van der Waals surface area contributed by atoms with Crippen molar-refractivity contribution in [2.24, 2.45) is 11.7 Å². The molecule has 0 saturated carbocycles. The van der Waals surface area contributed by atoms with Crippen LogP contribution in [0.2, 0.25) is 0 Å². The number of nitrogens with zero attached hydrogens (tertiary/aromatic N) is 3. The number of amides is 1. The summed E-state index contributed by atoms with van der Waals surface area (Å²) in [4.78, 5) is 14.8. The molecule has 24 heavy (non-hydrogen) atoms. The molecular weight excluding hydrogens is 368 g/mol. The highest BCUT2D eigenvalue weighted by molar-refractivity contribution is 9.10. The molecule has 1 aliphatic rings. The average Bonchev–Trinajstić information content (AvgIpc) is 3.05. The predicted molar refractivity (Wildman–Crippen MR) is 98.3 cm³/mol. The fraction of sp³-hybridized carbons (Fsp3) is 0.444. The van der Waals surface area contributed by atoms with Crippen molar-refractivity contribution < 1.29 is 4.79 Å². The van der Waals surface area contributed by atoms with E-state index in [1.54, 1.807) is 6.20 Å².